The number of nitrogens with one attached hydrogen (secondary N) is 1. The predicted octanol–water partition coefficient (Wildman–Crippen LogP) is 5.55. The number of amides is 1. The number of carbonyl (C=O) groups excluding carboxylic acids is 1. The fraction of sp³-hybridized carbons (Fsp3) is 0.227. The van der Waals surface area contributed by atoms with E-state index in [9.17, 15) is 4.79 Å². The summed E-state index contributed by atoms with van der Waals surface area (Å²) in [5.74, 6) is 0.922. The molecule has 7 heteroatoms. The van der Waals surface area contributed by atoms with E-state index >= 15 is 0 Å². The zero-order valence-electron chi connectivity index (χ0n) is 16.7. The van der Waals surface area contributed by atoms with Gasteiger partial charge in [-0.15, -0.1) is 11.7 Å². The van der Waals surface area contributed by atoms with Gasteiger partial charge in [0.05, 0.1) is 12.3 Å². The number of anilines is 1. The molecular formula is C22H23BrN4OS. The minimum atomic E-state index is -0.0738. The molecule has 3 rings (SSSR count). The Morgan fingerprint density at radius 1 is 1.21 bits per heavy atom. The van der Waals surface area contributed by atoms with E-state index in [1.807, 2.05) is 38.1 Å². The highest BCUT2D eigenvalue weighted by Crippen LogP contribution is 2.25. The van der Waals surface area contributed by atoms with Crippen LogP contribution in [-0.4, -0.2) is 26.4 Å². The summed E-state index contributed by atoms with van der Waals surface area (Å²) in [5, 5.41) is 8.11. The van der Waals surface area contributed by atoms with E-state index in [1.165, 1.54) is 17.3 Å². The molecule has 5 nitrogen and oxygen atoms in total. The number of hydrogen-bond acceptors (Lipinski definition) is 4. The first-order valence-corrected chi connectivity index (χ1v) is 11.0. The number of aromatic nitrogens is 3. The summed E-state index contributed by atoms with van der Waals surface area (Å²) in [6, 6.07) is 12.0. The number of allylic oxidation sites excluding steroid dienone is 1. The Balaban J connectivity index is 1.72. The first kappa shape index (κ1) is 21.3. The first-order valence-electron chi connectivity index (χ1n) is 9.19. The summed E-state index contributed by atoms with van der Waals surface area (Å²) in [6.45, 7) is 10.4. The highest BCUT2D eigenvalue weighted by molar-refractivity contribution is 9.10. The van der Waals surface area contributed by atoms with Crippen molar-refractivity contribution in [2.45, 2.75) is 32.5 Å². The van der Waals surface area contributed by atoms with Gasteiger partial charge in [0.1, 0.15) is 0 Å². The van der Waals surface area contributed by atoms with Gasteiger partial charge in [-0.2, -0.15) is 0 Å². The third-order valence-electron chi connectivity index (χ3n) is 4.33. The number of aryl methyl sites for hydroxylation is 3. The van der Waals surface area contributed by atoms with E-state index in [0.29, 0.717) is 11.7 Å². The Bertz CT molecular complexity index is 1020. The van der Waals surface area contributed by atoms with Gasteiger partial charge in [0.25, 0.3) is 0 Å². The summed E-state index contributed by atoms with van der Waals surface area (Å²) in [5.41, 5.74) is 5.15. The fourth-order valence-corrected chi connectivity index (χ4v) is 4.03. The zero-order chi connectivity index (χ0) is 21.0. The van der Waals surface area contributed by atoms with Crippen molar-refractivity contribution in [1.29, 1.82) is 0 Å². The molecule has 0 bridgehead atoms. The molecule has 3 aromatic rings. The third-order valence-corrected chi connectivity index (χ3v) is 5.70. The molecular weight excluding hydrogens is 448 g/mol. The summed E-state index contributed by atoms with van der Waals surface area (Å²) >= 11 is 4.77. The van der Waals surface area contributed by atoms with Crippen molar-refractivity contribution >= 4 is 39.3 Å². The number of carbonyl (C=O) groups is 1. The molecule has 1 aromatic heterocycles. The van der Waals surface area contributed by atoms with Crippen molar-refractivity contribution in [2.24, 2.45) is 0 Å². The van der Waals surface area contributed by atoms with E-state index < -0.39 is 0 Å². The molecule has 0 fully saturated rings. The second-order valence-corrected chi connectivity index (χ2v) is 8.66. The molecule has 150 valence electrons. The summed E-state index contributed by atoms with van der Waals surface area (Å²) in [4.78, 5) is 17.1. The van der Waals surface area contributed by atoms with Gasteiger partial charge in [0, 0.05) is 15.7 Å². The maximum absolute atomic E-state index is 12.5. The van der Waals surface area contributed by atoms with Crippen molar-refractivity contribution in [3.63, 3.8) is 0 Å². The minimum absolute atomic E-state index is 0.0738. The molecule has 0 unspecified atom stereocenters. The van der Waals surface area contributed by atoms with Crippen molar-refractivity contribution < 1.29 is 4.79 Å². The van der Waals surface area contributed by atoms with Gasteiger partial charge in [-0.25, -0.2) is 9.67 Å². The van der Waals surface area contributed by atoms with Gasteiger partial charge < -0.3 is 5.32 Å². The number of hydrogen-bond donors (Lipinski definition) is 1. The van der Waals surface area contributed by atoms with Gasteiger partial charge in [0.2, 0.25) is 11.1 Å². The van der Waals surface area contributed by atoms with E-state index in [0.717, 1.165) is 32.7 Å². The van der Waals surface area contributed by atoms with Crippen molar-refractivity contribution in [3.05, 3.63) is 70.2 Å². The van der Waals surface area contributed by atoms with E-state index in [-0.39, 0.29) is 11.7 Å². The van der Waals surface area contributed by atoms with Crippen LogP contribution in [0.5, 0.6) is 0 Å². The van der Waals surface area contributed by atoms with Crippen molar-refractivity contribution in [2.75, 3.05) is 11.1 Å². The second kappa shape index (κ2) is 9.41. The maximum atomic E-state index is 12.5. The lowest BCUT2D eigenvalue weighted by Crippen LogP contribution is -2.16. The van der Waals surface area contributed by atoms with Crippen LogP contribution in [0.3, 0.4) is 0 Å². The predicted molar refractivity (Wildman–Crippen MR) is 123 cm³/mol. The quantitative estimate of drug-likeness (QED) is 0.363. The van der Waals surface area contributed by atoms with Crippen molar-refractivity contribution in [3.8, 4) is 11.4 Å². The van der Waals surface area contributed by atoms with E-state index in [4.69, 9.17) is 0 Å². The van der Waals surface area contributed by atoms with Gasteiger partial charge >= 0.3 is 0 Å². The molecule has 0 aliphatic heterocycles. The van der Waals surface area contributed by atoms with Crippen LogP contribution >= 0.6 is 27.7 Å². The highest BCUT2D eigenvalue weighted by atomic mass is 79.9. The standard InChI is InChI=1S/C22H23BrN4OS/c1-5-10-27-21(17-6-8-18(23)9-7-17)25-22(26-27)29-13-19(28)24-20-15(3)11-14(2)12-16(20)4/h5-9,11-12H,1,10,13H2,2-4H3,(H,24,28). The summed E-state index contributed by atoms with van der Waals surface area (Å²) in [7, 11) is 0. The lowest BCUT2D eigenvalue weighted by atomic mass is 10.1. The van der Waals surface area contributed by atoms with E-state index in [2.05, 4.69) is 57.0 Å². The topological polar surface area (TPSA) is 59.8 Å². The normalized spacial score (nSPS) is 10.8. The van der Waals surface area contributed by atoms with Gasteiger partial charge in [-0.3, -0.25) is 4.79 Å². The molecule has 0 radical (unpaired) electrons. The van der Waals surface area contributed by atoms with Gasteiger partial charge in [-0.05, 0) is 44.0 Å². The molecule has 0 spiro atoms. The number of thioether (sulfide) groups is 1. The minimum Gasteiger partial charge on any atom is -0.325 e. The second-order valence-electron chi connectivity index (χ2n) is 6.81. The third kappa shape index (κ3) is 5.36. The molecule has 29 heavy (non-hydrogen) atoms. The van der Waals surface area contributed by atoms with Crippen LogP contribution < -0.4 is 5.32 Å². The molecule has 0 aliphatic rings. The Hall–Kier alpha value is -2.38. The Labute approximate surface area is 183 Å². The van der Waals surface area contributed by atoms with Crippen LogP contribution in [0.4, 0.5) is 5.69 Å². The lowest BCUT2D eigenvalue weighted by Gasteiger charge is -2.12. The molecule has 0 saturated carbocycles. The van der Waals surface area contributed by atoms with Crippen LogP contribution in [0.25, 0.3) is 11.4 Å². The Morgan fingerprint density at radius 3 is 2.48 bits per heavy atom. The molecule has 0 saturated heterocycles. The van der Waals surface area contributed by atoms with Crippen LogP contribution in [-0.2, 0) is 11.3 Å². The van der Waals surface area contributed by atoms with Gasteiger partial charge in [-0.1, -0.05) is 63.6 Å². The van der Waals surface area contributed by atoms with Crippen molar-refractivity contribution in [1.82, 2.24) is 14.8 Å². The number of halogens is 1. The molecule has 1 amide bonds. The van der Waals surface area contributed by atoms with Crippen LogP contribution in [0, 0.1) is 20.8 Å². The average molecular weight is 471 g/mol. The first-order chi connectivity index (χ1) is 13.9. The Kier molecular flexibility index (Phi) is 6.92. The largest absolute Gasteiger partial charge is 0.325 e. The maximum Gasteiger partial charge on any atom is 0.234 e. The molecule has 2 aromatic carbocycles. The lowest BCUT2D eigenvalue weighted by molar-refractivity contribution is -0.113. The zero-order valence-corrected chi connectivity index (χ0v) is 19.1. The fourth-order valence-electron chi connectivity index (χ4n) is 3.13. The Morgan fingerprint density at radius 2 is 1.86 bits per heavy atom. The van der Waals surface area contributed by atoms with Crippen LogP contribution in [0.15, 0.2) is 58.7 Å². The van der Waals surface area contributed by atoms with E-state index in [1.54, 1.807) is 10.8 Å². The molecule has 0 atom stereocenters. The smallest absolute Gasteiger partial charge is 0.234 e. The van der Waals surface area contributed by atoms with Gasteiger partial charge in [0.15, 0.2) is 5.82 Å². The molecule has 0 aliphatic carbocycles. The average Bonchev–Trinajstić information content (AvgIpc) is 3.07. The number of benzene rings is 2. The molecule has 1 N–H and O–H groups in total. The summed E-state index contributed by atoms with van der Waals surface area (Å²) in [6.07, 6.45) is 1.78. The monoisotopic (exact) mass is 470 g/mol. The van der Waals surface area contributed by atoms with Crippen LogP contribution in [0.1, 0.15) is 16.7 Å². The summed E-state index contributed by atoms with van der Waals surface area (Å²) < 4.78 is 2.80. The SMILES string of the molecule is C=CCn1nc(SCC(=O)Nc2c(C)cc(C)cc2C)nc1-c1ccc(Br)cc1. The molecule has 1 heterocycles. The number of nitrogens with zero attached hydrogens (tertiary/aromatic N) is 3. The number of rotatable bonds is 7. The van der Waals surface area contributed by atoms with Crippen LogP contribution in [0.2, 0.25) is 0 Å². The highest BCUT2D eigenvalue weighted by Gasteiger charge is 2.14.